The second-order valence-corrected chi connectivity index (χ2v) is 8.03. The molecular weight excluding hydrogens is 344 g/mol. The predicted molar refractivity (Wildman–Crippen MR) is 107 cm³/mol. The SMILES string of the molecule is C[C@H]1Cc2ccccc2N1C(=O)[C@@H]1CCCN(Cc2ccc(Cl)cc2)C1. The molecule has 4 heteroatoms. The van der Waals surface area contributed by atoms with Crippen LogP contribution < -0.4 is 4.90 Å². The van der Waals surface area contributed by atoms with Gasteiger partial charge in [-0.15, -0.1) is 0 Å². The first-order chi connectivity index (χ1) is 12.6. The lowest BCUT2D eigenvalue weighted by Gasteiger charge is -2.35. The molecule has 0 bridgehead atoms. The van der Waals surface area contributed by atoms with E-state index in [0.717, 1.165) is 49.6 Å². The molecule has 0 radical (unpaired) electrons. The third kappa shape index (κ3) is 3.51. The van der Waals surface area contributed by atoms with Gasteiger partial charge in [0.25, 0.3) is 0 Å². The first kappa shape index (κ1) is 17.6. The maximum absolute atomic E-state index is 13.3. The van der Waals surface area contributed by atoms with Gasteiger partial charge in [-0.1, -0.05) is 41.9 Å². The number of carbonyl (C=O) groups is 1. The summed E-state index contributed by atoms with van der Waals surface area (Å²) in [6, 6.07) is 16.6. The van der Waals surface area contributed by atoms with E-state index in [0.29, 0.717) is 5.91 Å². The van der Waals surface area contributed by atoms with E-state index in [1.165, 1.54) is 11.1 Å². The van der Waals surface area contributed by atoms with E-state index in [1.54, 1.807) is 0 Å². The first-order valence-electron chi connectivity index (χ1n) is 9.49. The molecule has 0 unspecified atom stereocenters. The molecule has 2 atom stereocenters. The fraction of sp³-hybridized carbons (Fsp3) is 0.409. The smallest absolute Gasteiger partial charge is 0.231 e. The van der Waals surface area contributed by atoms with Gasteiger partial charge in [0.05, 0.1) is 5.92 Å². The number of piperidine rings is 1. The van der Waals surface area contributed by atoms with Crippen LogP contribution in [0.1, 0.15) is 30.9 Å². The molecule has 2 aromatic rings. The monoisotopic (exact) mass is 368 g/mol. The molecule has 1 fully saturated rings. The molecule has 2 aliphatic rings. The number of fused-ring (bicyclic) bond motifs is 1. The summed E-state index contributed by atoms with van der Waals surface area (Å²) < 4.78 is 0. The highest BCUT2D eigenvalue weighted by atomic mass is 35.5. The average molecular weight is 369 g/mol. The van der Waals surface area contributed by atoms with Crippen LogP contribution in [0.3, 0.4) is 0 Å². The minimum atomic E-state index is 0.0876. The van der Waals surface area contributed by atoms with Gasteiger partial charge in [-0.25, -0.2) is 0 Å². The second kappa shape index (κ2) is 7.42. The molecule has 0 spiro atoms. The standard InChI is InChI=1S/C22H25ClN2O/c1-16-13-18-5-2-3-7-21(18)25(16)22(26)19-6-4-12-24(15-19)14-17-8-10-20(23)11-9-17/h2-3,5,7-11,16,19H,4,6,12-15H2,1H3/t16-,19+/m0/s1. The van der Waals surface area contributed by atoms with Crippen molar-refractivity contribution in [1.29, 1.82) is 0 Å². The minimum Gasteiger partial charge on any atom is -0.309 e. The van der Waals surface area contributed by atoms with Gasteiger partial charge in [0.2, 0.25) is 5.91 Å². The van der Waals surface area contributed by atoms with Gasteiger partial charge < -0.3 is 4.90 Å². The number of halogens is 1. The second-order valence-electron chi connectivity index (χ2n) is 7.59. The summed E-state index contributed by atoms with van der Waals surface area (Å²) in [4.78, 5) is 17.8. The van der Waals surface area contributed by atoms with Crippen molar-refractivity contribution in [3.8, 4) is 0 Å². The van der Waals surface area contributed by atoms with Crippen LogP contribution in [0.2, 0.25) is 5.02 Å². The van der Waals surface area contributed by atoms with E-state index >= 15 is 0 Å². The number of likely N-dealkylation sites (tertiary alicyclic amines) is 1. The van der Waals surface area contributed by atoms with Crippen molar-refractivity contribution in [2.45, 2.75) is 38.8 Å². The van der Waals surface area contributed by atoms with Gasteiger partial charge in [0.15, 0.2) is 0 Å². The van der Waals surface area contributed by atoms with E-state index in [-0.39, 0.29) is 12.0 Å². The molecule has 3 nitrogen and oxygen atoms in total. The van der Waals surface area contributed by atoms with Crippen LogP contribution in [0.25, 0.3) is 0 Å². The molecular formula is C22H25ClN2O. The Labute approximate surface area is 160 Å². The van der Waals surface area contributed by atoms with Crippen LogP contribution in [0.15, 0.2) is 48.5 Å². The highest BCUT2D eigenvalue weighted by Gasteiger charge is 2.36. The van der Waals surface area contributed by atoms with Crippen LogP contribution >= 0.6 is 11.6 Å². The maximum Gasteiger partial charge on any atom is 0.231 e. The molecule has 136 valence electrons. The number of para-hydroxylation sites is 1. The van der Waals surface area contributed by atoms with Gasteiger partial charge >= 0.3 is 0 Å². The molecule has 0 aromatic heterocycles. The van der Waals surface area contributed by atoms with Gasteiger partial charge in [0.1, 0.15) is 0 Å². The van der Waals surface area contributed by atoms with Crippen LogP contribution in [-0.4, -0.2) is 29.9 Å². The molecule has 0 aliphatic carbocycles. The van der Waals surface area contributed by atoms with Crippen molar-refractivity contribution < 1.29 is 4.79 Å². The van der Waals surface area contributed by atoms with Gasteiger partial charge in [-0.3, -0.25) is 9.69 Å². The summed E-state index contributed by atoms with van der Waals surface area (Å²) in [6.07, 6.45) is 3.03. The van der Waals surface area contributed by atoms with Gasteiger partial charge in [-0.2, -0.15) is 0 Å². The van der Waals surface area contributed by atoms with E-state index < -0.39 is 0 Å². The summed E-state index contributed by atoms with van der Waals surface area (Å²) in [5, 5.41) is 0.766. The Hall–Kier alpha value is -1.84. The van der Waals surface area contributed by atoms with E-state index in [4.69, 9.17) is 11.6 Å². The number of benzene rings is 2. The summed E-state index contributed by atoms with van der Waals surface area (Å²) in [6.45, 7) is 4.94. The third-order valence-electron chi connectivity index (χ3n) is 5.62. The van der Waals surface area contributed by atoms with E-state index in [2.05, 4.69) is 42.2 Å². The molecule has 0 saturated carbocycles. The predicted octanol–water partition coefficient (Wildman–Crippen LogP) is 4.53. The van der Waals surface area contributed by atoms with Crippen LogP contribution in [0.4, 0.5) is 5.69 Å². The Morgan fingerprint density at radius 2 is 1.92 bits per heavy atom. The molecule has 4 rings (SSSR count). The normalized spacial score (nSPS) is 23.1. The Kier molecular flexibility index (Phi) is 5.01. The lowest BCUT2D eigenvalue weighted by Crippen LogP contribution is -2.46. The quantitative estimate of drug-likeness (QED) is 0.794. The Bertz CT molecular complexity index is 789. The van der Waals surface area contributed by atoms with Crippen molar-refractivity contribution >= 4 is 23.2 Å². The van der Waals surface area contributed by atoms with E-state index in [9.17, 15) is 4.79 Å². The fourth-order valence-corrected chi connectivity index (χ4v) is 4.47. The van der Waals surface area contributed by atoms with Crippen LogP contribution in [-0.2, 0) is 17.8 Å². The number of anilines is 1. The zero-order valence-electron chi connectivity index (χ0n) is 15.2. The Morgan fingerprint density at radius 3 is 2.73 bits per heavy atom. The molecule has 2 heterocycles. The molecule has 2 aliphatic heterocycles. The summed E-state index contributed by atoms with van der Waals surface area (Å²) in [7, 11) is 0. The van der Waals surface area contributed by atoms with Gasteiger partial charge in [0, 0.05) is 29.8 Å². The zero-order valence-corrected chi connectivity index (χ0v) is 16.0. The van der Waals surface area contributed by atoms with Crippen molar-refractivity contribution in [3.63, 3.8) is 0 Å². The molecule has 0 N–H and O–H groups in total. The molecule has 1 amide bonds. The number of hydrogen-bond donors (Lipinski definition) is 0. The van der Waals surface area contributed by atoms with Gasteiger partial charge in [-0.05, 0) is 62.1 Å². The van der Waals surface area contributed by atoms with Crippen molar-refractivity contribution in [2.75, 3.05) is 18.0 Å². The fourth-order valence-electron chi connectivity index (χ4n) is 4.35. The number of nitrogens with zero attached hydrogens (tertiary/aromatic N) is 2. The van der Waals surface area contributed by atoms with Crippen molar-refractivity contribution in [1.82, 2.24) is 4.90 Å². The Morgan fingerprint density at radius 1 is 1.15 bits per heavy atom. The van der Waals surface area contributed by atoms with Crippen LogP contribution in [0, 0.1) is 5.92 Å². The lowest BCUT2D eigenvalue weighted by atomic mass is 9.95. The zero-order chi connectivity index (χ0) is 18.1. The third-order valence-corrected chi connectivity index (χ3v) is 5.87. The Balaban J connectivity index is 1.46. The first-order valence-corrected chi connectivity index (χ1v) is 9.87. The van der Waals surface area contributed by atoms with Crippen molar-refractivity contribution in [2.24, 2.45) is 5.92 Å². The maximum atomic E-state index is 13.3. The highest BCUT2D eigenvalue weighted by molar-refractivity contribution is 6.30. The van der Waals surface area contributed by atoms with Crippen LogP contribution in [0.5, 0.6) is 0 Å². The summed E-state index contributed by atoms with van der Waals surface area (Å²) in [5.74, 6) is 0.382. The number of amides is 1. The molecule has 26 heavy (non-hydrogen) atoms. The summed E-state index contributed by atoms with van der Waals surface area (Å²) in [5.41, 5.74) is 3.66. The number of hydrogen-bond acceptors (Lipinski definition) is 2. The van der Waals surface area contributed by atoms with E-state index in [1.807, 2.05) is 23.1 Å². The van der Waals surface area contributed by atoms with Crippen molar-refractivity contribution in [3.05, 3.63) is 64.7 Å². The summed E-state index contributed by atoms with van der Waals surface area (Å²) >= 11 is 5.98. The largest absolute Gasteiger partial charge is 0.309 e. The molecule has 2 aromatic carbocycles. The lowest BCUT2D eigenvalue weighted by molar-refractivity contribution is -0.124. The molecule has 1 saturated heterocycles. The number of carbonyl (C=O) groups excluding carboxylic acids is 1. The topological polar surface area (TPSA) is 23.6 Å². The average Bonchev–Trinajstić information content (AvgIpc) is 2.99. The number of rotatable bonds is 3. The minimum absolute atomic E-state index is 0.0876. The highest BCUT2D eigenvalue weighted by Crippen LogP contribution is 2.34.